The number of aromatic carboxylic acids is 1. The van der Waals surface area contributed by atoms with Crippen molar-refractivity contribution in [3.63, 3.8) is 0 Å². The van der Waals surface area contributed by atoms with Gasteiger partial charge in [0, 0.05) is 15.5 Å². The van der Waals surface area contributed by atoms with E-state index in [1.807, 2.05) is 24.3 Å². The first-order chi connectivity index (χ1) is 10.2. The lowest BCUT2D eigenvalue weighted by Crippen LogP contribution is -2.03. The summed E-state index contributed by atoms with van der Waals surface area (Å²) < 4.78 is 5.66. The van der Waals surface area contributed by atoms with Crippen LogP contribution in [0.15, 0.2) is 41.3 Å². The Morgan fingerprint density at radius 3 is 2.76 bits per heavy atom. The van der Waals surface area contributed by atoms with Gasteiger partial charge in [-0.25, -0.2) is 4.79 Å². The lowest BCUT2D eigenvalue weighted by Gasteiger charge is -2.05. The largest absolute Gasteiger partial charge is 0.491 e. The number of thioether (sulfide) groups is 1. The molecule has 0 saturated heterocycles. The Hall–Kier alpha value is -1.46. The van der Waals surface area contributed by atoms with Gasteiger partial charge in [0.25, 0.3) is 0 Å². The van der Waals surface area contributed by atoms with E-state index in [4.69, 9.17) is 4.74 Å². The highest BCUT2D eigenvalue weighted by molar-refractivity contribution is 7.99. The van der Waals surface area contributed by atoms with Crippen LogP contribution in [0.25, 0.3) is 0 Å². The molecule has 1 heterocycles. The Labute approximate surface area is 133 Å². The van der Waals surface area contributed by atoms with E-state index in [1.165, 1.54) is 16.2 Å². The smallest absolute Gasteiger partial charge is 0.349 e. The van der Waals surface area contributed by atoms with Crippen molar-refractivity contribution in [2.24, 2.45) is 0 Å². The number of rotatable bonds is 8. The third kappa shape index (κ3) is 4.79. The molecule has 1 aromatic heterocycles. The molecular formula is C16H18O3S2. The van der Waals surface area contributed by atoms with Crippen LogP contribution in [-0.4, -0.2) is 23.4 Å². The summed E-state index contributed by atoms with van der Waals surface area (Å²) in [5, 5.41) is 9.21. The number of carboxylic acids is 1. The van der Waals surface area contributed by atoms with Crippen LogP contribution < -0.4 is 4.74 Å². The van der Waals surface area contributed by atoms with Gasteiger partial charge in [0.15, 0.2) is 4.88 Å². The molecule has 1 aromatic carbocycles. The van der Waals surface area contributed by atoms with Crippen molar-refractivity contribution < 1.29 is 14.6 Å². The number of benzene rings is 1. The molecule has 1 N–H and O–H groups in total. The van der Waals surface area contributed by atoms with Crippen molar-refractivity contribution in [1.82, 2.24) is 0 Å². The van der Waals surface area contributed by atoms with Gasteiger partial charge in [-0.1, -0.05) is 31.5 Å². The van der Waals surface area contributed by atoms with Crippen molar-refractivity contribution in [1.29, 1.82) is 0 Å². The van der Waals surface area contributed by atoms with E-state index < -0.39 is 5.97 Å². The summed E-state index contributed by atoms with van der Waals surface area (Å²) in [6, 6.07) is 12.0. The van der Waals surface area contributed by atoms with Gasteiger partial charge in [-0.05, 0) is 24.6 Å². The molecule has 112 valence electrons. The van der Waals surface area contributed by atoms with Gasteiger partial charge in [-0.2, -0.15) is 0 Å². The van der Waals surface area contributed by atoms with Gasteiger partial charge in [0.05, 0.1) is 6.61 Å². The average Bonchev–Trinajstić information content (AvgIpc) is 2.88. The summed E-state index contributed by atoms with van der Waals surface area (Å²) >= 11 is 3.02. The molecule has 0 unspecified atom stereocenters. The molecule has 2 rings (SSSR count). The van der Waals surface area contributed by atoms with Gasteiger partial charge < -0.3 is 9.84 Å². The third-order valence-electron chi connectivity index (χ3n) is 2.79. The van der Waals surface area contributed by atoms with Crippen molar-refractivity contribution in [3.8, 4) is 5.75 Å². The molecule has 0 aliphatic heterocycles. The van der Waals surface area contributed by atoms with Crippen LogP contribution in [0.1, 0.15) is 27.9 Å². The topological polar surface area (TPSA) is 46.5 Å². The Morgan fingerprint density at radius 1 is 1.33 bits per heavy atom. The molecule has 0 aliphatic rings. The number of carbonyl (C=O) groups is 1. The molecule has 0 spiro atoms. The number of hydrogen-bond donors (Lipinski definition) is 1. The average molecular weight is 322 g/mol. The molecule has 0 fully saturated rings. The predicted octanol–water partition coefficient (Wildman–Crippen LogP) is 4.57. The first kappa shape index (κ1) is 15.9. The first-order valence-corrected chi connectivity index (χ1v) is 8.67. The van der Waals surface area contributed by atoms with Crippen molar-refractivity contribution >= 4 is 29.1 Å². The molecule has 3 nitrogen and oxygen atoms in total. The normalized spacial score (nSPS) is 10.5. The zero-order chi connectivity index (χ0) is 15.1. The van der Waals surface area contributed by atoms with E-state index in [2.05, 4.69) is 19.1 Å². The molecule has 0 radical (unpaired) electrons. The van der Waals surface area contributed by atoms with Crippen LogP contribution in [0.5, 0.6) is 5.75 Å². The molecular weight excluding hydrogens is 304 g/mol. The monoisotopic (exact) mass is 322 g/mol. The second-order valence-corrected chi connectivity index (χ2v) is 6.78. The van der Waals surface area contributed by atoms with Gasteiger partial charge in [0.2, 0.25) is 0 Å². The Kier molecular flexibility index (Phi) is 6.14. The summed E-state index contributed by atoms with van der Waals surface area (Å²) in [6.45, 7) is 2.58. The fraction of sp³-hybridized carbons (Fsp3) is 0.312. The molecule has 21 heavy (non-hydrogen) atoms. The second kappa shape index (κ2) is 8.10. The van der Waals surface area contributed by atoms with Gasteiger partial charge in [-0.15, -0.1) is 23.1 Å². The Bertz CT molecular complexity index is 578. The molecule has 5 heteroatoms. The summed E-state index contributed by atoms with van der Waals surface area (Å²) in [7, 11) is 0. The predicted molar refractivity (Wildman–Crippen MR) is 87.9 cm³/mol. The van der Waals surface area contributed by atoms with Gasteiger partial charge in [0.1, 0.15) is 5.75 Å². The maximum absolute atomic E-state index is 11.2. The van der Waals surface area contributed by atoms with Crippen LogP contribution in [0.4, 0.5) is 0 Å². The van der Waals surface area contributed by atoms with Crippen LogP contribution in [0, 0.1) is 0 Å². The van der Waals surface area contributed by atoms with Crippen LogP contribution in [0.3, 0.4) is 0 Å². The van der Waals surface area contributed by atoms with E-state index in [0.29, 0.717) is 17.2 Å². The Balaban J connectivity index is 1.88. The van der Waals surface area contributed by atoms with E-state index in [9.17, 15) is 9.90 Å². The Morgan fingerprint density at radius 2 is 2.10 bits per heavy atom. The molecule has 0 atom stereocenters. The quantitative estimate of drug-likeness (QED) is 0.571. The highest BCUT2D eigenvalue weighted by atomic mass is 32.2. The molecule has 0 aliphatic carbocycles. The number of hydrogen-bond acceptors (Lipinski definition) is 4. The number of carboxylic acid groups (broad SMARTS) is 1. The minimum Gasteiger partial charge on any atom is -0.491 e. The molecule has 2 aromatic rings. The highest BCUT2D eigenvalue weighted by Crippen LogP contribution is 2.30. The van der Waals surface area contributed by atoms with Crippen LogP contribution >= 0.6 is 23.1 Å². The van der Waals surface area contributed by atoms with Crippen molar-refractivity contribution in [2.45, 2.75) is 24.7 Å². The van der Waals surface area contributed by atoms with E-state index in [0.717, 1.165) is 23.5 Å². The molecule has 0 saturated carbocycles. The second-order valence-electron chi connectivity index (χ2n) is 4.47. The summed E-state index contributed by atoms with van der Waals surface area (Å²) in [6.07, 6.45) is 1.90. The van der Waals surface area contributed by atoms with Gasteiger partial charge >= 0.3 is 5.97 Å². The standard InChI is InChI=1S/C16H18O3S2/c1-2-6-13-11-14(15(21-13)16(17)18)19-9-10-20-12-7-4-3-5-8-12/h3-5,7-8,11H,2,6,9-10H2,1H3,(H,17,18). The SMILES string of the molecule is CCCc1cc(OCCSc2ccccc2)c(C(=O)O)s1. The fourth-order valence-corrected chi connectivity index (χ4v) is 3.67. The number of thiophene rings is 1. The van der Waals surface area contributed by atoms with Crippen molar-refractivity contribution in [2.75, 3.05) is 12.4 Å². The minimum atomic E-state index is -0.909. The van der Waals surface area contributed by atoms with Gasteiger partial charge in [-0.3, -0.25) is 0 Å². The third-order valence-corrected chi connectivity index (χ3v) is 4.93. The maximum atomic E-state index is 11.2. The summed E-state index contributed by atoms with van der Waals surface area (Å²) in [5.41, 5.74) is 0. The van der Waals surface area contributed by atoms with E-state index in [-0.39, 0.29) is 0 Å². The van der Waals surface area contributed by atoms with Crippen LogP contribution in [0.2, 0.25) is 0 Å². The highest BCUT2D eigenvalue weighted by Gasteiger charge is 2.16. The van der Waals surface area contributed by atoms with Crippen LogP contribution in [-0.2, 0) is 6.42 Å². The number of ether oxygens (including phenoxy) is 1. The van der Waals surface area contributed by atoms with E-state index >= 15 is 0 Å². The first-order valence-electron chi connectivity index (χ1n) is 6.87. The number of aryl methyl sites for hydroxylation is 1. The van der Waals surface area contributed by atoms with E-state index in [1.54, 1.807) is 11.8 Å². The lowest BCUT2D eigenvalue weighted by molar-refractivity contribution is 0.0698. The zero-order valence-electron chi connectivity index (χ0n) is 11.9. The summed E-state index contributed by atoms with van der Waals surface area (Å²) in [4.78, 5) is 13.8. The lowest BCUT2D eigenvalue weighted by atomic mass is 10.3. The summed E-state index contributed by atoms with van der Waals surface area (Å²) in [5.74, 6) is 0.389. The maximum Gasteiger partial charge on any atom is 0.349 e. The van der Waals surface area contributed by atoms with Crippen molar-refractivity contribution in [3.05, 3.63) is 46.2 Å². The minimum absolute atomic E-state index is 0.308. The fourth-order valence-electron chi connectivity index (χ4n) is 1.88. The molecule has 0 amide bonds. The zero-order valence-corrected chi connectivity index (χ0v) is 13.5. The molecule has 0 bridgehead atoms.